The Morgan fingerprint density at radius 3 is 1.45 bits per heavy atom. The van der Waals surface area contributed by atoms with Gasteiger partial charge in [0.25, 0.3) is 0 Å². The number of aliphatic hydroxyl groups excluding tert-OH is 7. The van der Waals surface area contributed by atoms with Crippen molar-refractivity contribution in [1.29, 1.82) is 0 Å². The molecule has 1 amide bonds. The summed E-state index contributed by atoms with van der Waals surface area (Å²) in [5, 5.41) is 76.0. The Labute approximate surface area is 408 Å². The molecule has 0 saturated carbocycles. The van der Waals surface area contributed by atoms with Crippen LogP contribution in [0, 0.1) is 0 Å². The van der Waals surface area contributed by atoms with Crippen molar-refractivity contribution in [3.8, 4) is 0 Å². The van der Waals surface area contributed by atoms with Crippen LogP contribution in [0.4, 0.5) is 0 Å². The number of aliphatic hydroxyl groups is 7. The summed E-state index contributed by atoms with van der Waals surface area (Å²) in [5.41, 5.74) is 0. The highest BCUT2D eigenvalue weighted by Crippen LogP contribution is 2.23. The second kappa shape index (κ2) is 45.0. The number of ether oxygens (including phenoxy) is 2. The Kier molecular flexibility index (Phi) is 42.2. The van der Waals surface area contributed by atoms with Crippen molar-refractivity contribution in [3.05, 3.63) is 60.8 Å². The molecule has 0 radical (unpaired) electrons. The van der Waals surface area contributed by atoms with E-state index >= 15 is 0 Å². The molecule has 0 aliphatic carbocycles. The van der Waals surface area contributed by atoms with E-state index in [2.05, 4.69) is 79.9 Å². The summed E-state index contributed by atoms with van der Waals surface area (Å²) < 4.78 is 11.1. The fraction of sp³-hybridized carbons (Fsp3) is 0.804. The molecule has 9 atom stereocenters. The van der Waals surface area contributed by atoms with Gasteiger partial charge < -0.3 is 50.5 Å². The third kappa shape index (κ3) is 33.9. The van der Waals surface area contributed by atoms with Crippen molar-refractivity contribution < 1.29 is 50.0 Å². The minimum absolute atomic E-state index is 0.238. The number of hydrogen-bond donors (Lipinski definition) is 8. The number of carbonyl (C=O) groups is 1. The van der Waals surface area contributed by atoms with Gasteiger partial charge in [0.15, 0.2) is 6.29 Å². The maximum absolute atomic E-state index is 13.1. The van der Waals surface area contributed by atoms with Crippen molar-refractivity contribution in [2.75, 3.05) is 13.2 Å². The first-order valence-electron chi connectivity index (χ1n) is 27.2. The number of rotatable bonds is 45. The molecule has 0 aromatic heterocycles. The summed E-state index contributed by atoms with van der Waals surface area (Å²) in [6.45, 7) is 3.40. The summed E-state index contributed by atoms with van der Waals surface area (Å²) in [7, 11) is 0. The molecule has 1 fully saturated rings. The Balaban J connectivity index is 2.41. The molecule has 67 heavy (non-hydrogen) atoms. The molecule has 1 aliphatic rings. The Hall–Kier alpha value is -2.19. The van der Waals surface area contributed by atoms with Gasteiger partial charge in [0, 0.05) is 0 Å². The van der Waals surface area contributed by atoms with E-state index in [4.69, 9.17) is 9.47 Å². The molecule has 0 aromatic rings. The van der Waals surface area contributed by atoms with E-state index in [0.717, 1.165) is 57.8 Å². The zero-order valence-electron chi connectivity index (χ0n) is 42.4. The first kappa shape index (κ1) is 62.8. The molecule has 11 heteroatoms. The maximum Gasteiger partial charge on any atom is 0.249 e. The van der Waals surface area contributed by atoms with E-state index in [1.54, 1.807) is 0 Å². The lowest BCUT2D eigenvalue weighted by atomic mass is 9.98. The first-order chi connectivity index (χ1) is 32.7. The molecule has 0 aromatic carbocycles. The molecule has 11 nitrogen and oxygen atoms in total. The molecule has 1 rings (SSSR count). The highest BCUT2D eigenvalue weighted by atomic mass is 16.7. The third-order valence-corrected chi connectivity index (χ3v) is 12.8. The number of carbonyl (C=O) groups excluding carboxylic acids is 1. The van der Waals surface area contributed by atoms with Gasteiger partial charge in [-0.25, -0.2) is 0 Å². The van der Waals surface area contributed by atoms with Gasteiger partial charge >= 0.3 is 0 Å². The summed E-state index contributed by atoms with van der Waals surface area (Å²) in [5.74, 6) is -0.718. The predicted octanol–water partition coefficient (Wildman–Crippen LogP) is 10.7. The average molecular weight is 948 g/mol. The van der Waals surface area contributed by atoms with Gasteiger partial charge in [-0.15, -0.1) is 0 Å². The van der Waals surface area contributed by atoms with Crippen LogP contribution in [0.5, 0.6) is 0 Å². The van der Waals surface area contributed by atoms with Crippen LogP contribution >= 0.6 is 0 Å². The smallest absolute Gasteiger partial charge is 0.249 e. The lowest BCUT2D eigenvalue weighted by Crippen LogP contribution is -2.60. The summed E-state index contributed by atoms with van der Waals surface area (Å²) in [6.07, 6.45) is 45.5. The largest absolute Gasteiger partial charge is 0.394 e. The number of hydrogen-bond acceptors (Lipinski definition) is 10. The van der Waals surface area contributed by atoms with Gasteiger partial charge in [0.2, 0.25) is 5.91 Å². The fourth-order valence-corrected chi connectivity index (χ4v) is 8.29. The number of allylic oxidation sites excluding steroid dienone is 10. The van der Waals surface area contributed by atoms with Crippen molar-refractivity contribution in [2.45, 2.75) is 274 Å². The van der Waals surface area contributed by atoms with Crippen molar-refractivity contribution >= 4 is 5.91 Å². The Bertz CT molecular complexity index is 1270. The van der Waals surface area contributed by atoms with Crippen LogP contribution in [-0.2, 0) is 14.3 Å². The molecule has 1 heterocycles. The molecule has 390 valence electrons. The van der Waals surface area contributed by atoms with E-state index in [1.807, 2.05) is 0 Å². The van der Waals surface area contributed by atoms with Crippen molar-refractivity contribution in [2.24, 2.45) is 0 Å². The Morgan fingerprint density at radius 1 is 0.522 bits per heavy atom. The van der Waals surface area contributed by atoms with Crippen LogP contribution in [0.2, 0.25) is 0 Å². The molecule has 8 N–H and O–H groups in total. The predicted molar refractivity (Wildman–Crippen MR) is 274 cm³/mol. The number of unbranched alkanes of at least 4 members (excludes halogenated alkanes) is 24. The van der Waals surface area contributed by atoms with E-state index in [1.165, 1.54) is 116 Å². The van der Waals surface area contributed by atoms with Gasteiger partial charge in [-0.05, 0) is 89.9 Å². The van der Waals surface area contributed by atoms with Crippen LogP contribution in [0.1, 0.15) is 219 Å². The van der Waals surface area contributed by atoms with Crippen molar-refractivity contribution in [3.63, 3.8) is 0 Å². The summed E-state index contributed by atoms with van der Waals surface area (Å²) in [4.78, 5) is 13.1. The minimum atomic E-state index is -1.68. The molecule has 9 unspecified atom stereocenters. The lowest BCUT2D eigenvalue weighted by Gasteiger charge is -2.40. The highest BCUT2D eigenvalue weighted by molar-refractivity contribution is 5.80. The maximum atomic E-state index is 13.1. The van der Waals surface area contributed by atoms with E-state index < -0.39 is 74.2 Å². The molecule has 0 bridgehead atoms. The standard InChI is InChI=1S/C56H101NO10/c1-3-5-7-9-11-13-15-17-19-21-23-24-25-26-28-29-31-33-35-37-39-41-43-48(59)51(61)47(46-66-56-54(64)53(63)52(62)50(45-58)67-56)57-55(65)49(60)44-42-40-38-36-34-32-30-27-22-20-18-16-14-12-10-8-6-4-2/h12,14,16,18,23-24,28-29,35,37,47-54,56,58-64H,3-11,13,15,17,19-22,25-27,30-34,36,38-46H2,1-2H3,(H,57,65)/b14-12-,18-16-,24-23+,29-28+,37-35+. The van der Waals surface area contributed by atoms with E-state index in [9.17, 15) is 40.5 Å². The SMILES string of the molecule is CCCCC/C=C\C=C/CCCCCCCCCCCC(O)C(=O)NC(COC1OC(CO)C(O)C(O)C1O)C(O)C(O)CCC/C=C/CC/C=C/CC/C=C/CCCCCCCCCCC. The van der Waals surface area contributed by atoms with Crippen LogP contribution < -0.4 is 5.32 Å². The quantitative estimate of drug-likeness (QED) is 0.0166. The zero-order chi connectivity index (χ0) is 49.0. The highest BCUT2D eigenvalue weighted by Gasteiger charge is 2.44. The summed E-state index contributed by atoms with van der Waals surface area (Å²) in [6, 6.07) is -1.20. The van der Waals surface area contributed by atoms with Gasteiger partial charge in [-0.2, -0.15) is 0 Å². The van der Waals surface area contributed by atoms with E-state index in [-0.39, 0.29) is 12.8 Å². The molecular formula is C56H101NO10. The topological polar surface area (TPSA) is 189 Å². The first-order valence-corrected chi connectivity index (χ1v) is 27.2. The average Bonchev–Trinajstić information content (AvgIpc) is 3.33. The van der Waals surface area contributed by atoms with Gasteiger partial charge in [-0.1, -0.05) is 190 Å². The monoisotopic (exact) mass is 948 g/mol. The molecule has 0 spiro atoms. The van der Waals surface area contributed by atoms with Crippen LogP contribution in [0.15, 0.2) is 60.8 Å². The molecular weight excluding hydrogens is 847 g/mol. The molecule has 1 aliphatic heterocycles. The van der Waals surface area contributed by atoms with Gasteiger partial charge in [-0.3, -0.25) is 4.79 Å². The van der Waals surface area contributed by atoms with Crippen LogP contribution in [0.3, 0.4) is 0 Å². The number of nitrogens with one attached hydrogen (secondary N) is 1. The second-order valence-corrected chi connectivity index (χ2v) is 18.9. The second-order valence-electron chi connectivity index (χ2n) is 18.9. The minimum Gasteiger partial charge on any atom is -0.394 e. The third-order valence-electron chi connectivity index (χ3n) is 12.8. The van der Waals surface area contributed by atoms with Gasteiger partial charge in [0.1, 0.15) is 36.6 Å². The van der Waals surface area contributed by atoms with E-state index in [0.29, 0.717) is 19.3 Å². The van der Waals surface area contributed by atoms with Crippen LogP contribution in [-0.4, -0.2) is 110 Å². The van der Waals surface area contributed by atoms with Crippen LogP contribution in [0.25, 0.3) is 0 Å². The summed E-state index contributed by atoms with van der Waals surface area (Å²) >= 11 is 0. The Morgan fingerprint density at radius 2 is 0.940 bits per heavy atom. The normalized spacial score (nSPS) is 21.1. The van der Waals surface area contributed by atoms with Gasteiger partial charge in [0.05, 0.1) is 25.4 Å². The zero-order valence-corrected chi connectivity index (χ0v) is 42.4. The lowest BCUT2D eigenvalue weighted by molar-refractivity contribution is -0.303. The van der Waals surface area contributed by atoms with Crippen molar-refractivity contribution in [1.82, 2.24) is 5.32 Å². The number of amides is 1. The molecule has 1 saturated heterocycles. The fourth-order valence-electron chi connectivity index (χ4n) is 8.29.